The van der Waals surface area contributed by atoms with E-state index in [1.54, 1.807) is 37.4 Å². The summed E-state index contributed by atoms with van der Waals surface area (Å²) in [5.74, 6) is -0.000992. The predicted octanol–water partition coefficient (Wildman–Crippen LogP) is 4.82. The Kier molecular flexibility index (Phi) is 5.75. The Morgan fingerprint density at radius 2 is 1.39 bits per heavy atom. The minimum absolute atomic E-state index is 0.267. The number of para-hydroxylation sites is 1. The summed E-state index contributed by atoms with van der Waals surface area (Å²) in [6, 6.07) is 19.7. The molecule has 0 bridgehead atoms. The fourth-order valence-corrected chi connectivity index (χ4v) is 2.82. The highest BCUT2D eigenvalue weighted by Crippen LogP contribution is 2.26. The number of anilines is 2. The Balaban J connectivity index is 1.79. The van der Waals surface area contributed by atoms with E-state index in [1.807, 2.05) is 50.2 Å². The molecular formula is C23H22N2O3. The number of rotatable bonds is 5. The first kappa shape index (κ1) is 19.2. The molecule has 0 heterocycles. The van der Waals surface area contributed by atoms with Gasteiger partial charge in [-0.15, -0.1) is 0 Å². The van der Waals surface area contributed by atoms with Crippen LogP contribution in [0.3, 0.4) is 0 Å². The second-order valence-electron chi connectivity index (χ2n) is 6.51. The van der Waals surface area contributed by atoms with Crippen LogP contribution in [-0.4, -0.2) is 18.9 Å². The first-order chi connectivity index (χ1) is 13.5. The molecule has 0 spiro atoms. The number of benzene rings is 3. The Labute approximate surface area is 164 Å². The molecule has 0 aromatic heterocycles. The molecule has 3 rings (SSSR count). The lowest BCUT2D eigenvalue weighted by molar-refractivity contribution is 0.102. The summed E-state index contributed by atoms with van der Waals surface area (Å²) in [5.41, 5.74) is 4.10. The molecule has 0 fully saturated rings. The van der Waals surface area contributed by atoms with Crippen LogP contribution in [0.15, 0.2) is 66.7 Å². The van der Waals surface area contributed by atoms with Gasteiger partial charge < -0.3 is 15.4 Å². The Morgan fingerprint density at radius 1 is 0.750 bits per heavy atom. The summed E-state index contributed by atoms with van der Waals surface area (Å²) in [4.78, 5) is 25.3. The molecule has 5 nitrogen and oxygen atoms in total. The quantitative estimate of drug-likeness (QED) is 0.673. The lowest BCUT2D eigenvalue weighted by Crippen LogP contribution is -2.16. The van der Waals surface area contributed by atoms with Crippen LogP contribution in [0, 0.1) is 13.8 Å². The second kappa shape index (κ2) is 8.39. The molecule has 0 aliphatic heterocycles. The van der Waals surface area contributed by atoms with E-state index in [9.17, 15) is 9.59 Å². The Hall–Kier alpha value is -3.60. The maximum Gasteiger partial charge on any atom is 0.255 e. The van der Waals surface area contributed by atoms with Crippen molar-refractivity contribution in [2.24, 2.45) is 0 Å². The molecule has 28 heavy (non-hydrogen) atoms. The first-order valence-corrected chi connectivity index (χ1v) is 8.91. The van der Waals surface area contributed by atoms with Crippen LogP contribution in [0.25, 0.3) is 0 Å². The van der Waals surface area contributed by atoms with E-state index in [4.69, 9.17) is 4.74 Å². The summed E-state index contributed by atoms with van der Waals surface area (Å²) in [6.07, 6.45) is 0. The van der Waals surface area contributed by atoms with Gasteiger partial charge in [-0.05, 0) is 61.4 Å². The van der Waals surface area contributed by atoms with Crippen LogP contribution in [0.5, 0.6) is 5.75 Å². The molecule has 5 heteroatoms. The third kappa shape index (κ3) is 4.38. The Bertz CT molecular complexity index is 1030. The molecular weight excluding hydrogens is 352 g/mol. The van der Waals surface area contributed by atoms with Crippen LogP contribution in [0.1, 0.15) is 31.8 Å². The largest absolute Gasteiger partial charge is 0.495 e. The zero-order chi connectivity index (χ0) is 20.1. The maximum absolute atomic E-state index is 12.7. The van der Waals surface area contributed by atoms with Gasteiger partial charge in [0.25, 0.3) is 11.8 Å². The monoisotopic (exact) mass is 374 g/mol. The van der Waals surface area contributed by atoms with Gasteiger partial charge >= 0.3 is 0 Å². The van der Waals surface area contributed by atoms with E-state index in [1.165, 1.54) is 0 Å². The van der Waals surface area contributed by atoms with Crippen molar-refractivity contribution < 1.29 is 14.3 Å². The number of methoxy groups -OCH3 is 1. The number of carbonyl (C=O) groups excluding carboxylic acids is 2. The van der Waals surface area contributed by atoms with E-state index in [0.717, 1.165) is 16.8 Å². The SMILES string of the molecule is COc1ccc(C)cc1NC(=O)c1cccc(C(=O)Nc2ccccc2C)c1. The minimum atomic E-state index is -0.311. The van der Waals surface area contributed by atoms with Gasteiger partial charge in [0.15, 0.2) is 0 Å². The Morgan fingerprint density at radius 3 is 2.04 bits per heavy atom. The van der Waals surface area contributed by atoms with Crippen molar-refractivity contribution >= 4 is 23.2 Å². The van der Waals surface area contributed by atoms with Gasteiger partial charge in [0, 0.05) is 16.8 Å². The second-order valence-corrected chi connectivity index (χ2v) is 6.51. The molecule has 0 unspecified atom stereocenters. The first-order valence-electron chi connectivity index (χ1n) is 8.91. The topological polar surface area (TPSA) is 67.4 Å². The van der Waals surface area contributed by atoms with Crippen LogP contribution < -0.4 is 15.4 Å². The highest BCUT2D eigenvalue weighted by Gasteiger charge is 2.13. The van der Waals surface area contributed by atoms with Crippen molar-refractivity contribution in [1.29, 1.82) is 0 Å². The van der Waals surface area contributed by atoms with E-state index >= 15 is 0 Å². The highest BCUT2D eigenvalue weighted by molar-refractivity contribution is 6.09. The molecule has 3 aromatic rings. The molecule has 2 N–H and O–H groups in total. The highest BCUT2D eigenvalue weighted by atomic mass is 16.5. The van der Waals surface area contributed by atoms with Gasteiger partial charge in [-0.25, -0.2) is 0 Å². The van der Waals surface area contributed by atoms with E-state index in [2.05, 4.69) is 10.6 Å². The van der Waals surface area contributed by atoms with Crippen molar-refractivity contribution in [3.8, 4) is 5.75 Å². The predicted molar refractivity (Wildman–Crippen MR) is 111 cm³/mol. The standard InChI is InChI=1S/C23H22N2O3/c1-15-11-12-21(28-3)20(13-15)25-23(27)18-9-6-8-17(14-18)22(26)24-19-10-5-4-7-16(19)2/h4-14H,1-3H3,(H,24,26)(H,25,27). The van der Waals surface area contributed by atoms with Crippen molar-refractivity contribution in [2.45, 2.75) is 13.8 Å². The van der Waals surface area contributed by atoms with Crippen molar-refractivity contribution in [1.82, 2.24) is 0 Å². The smallest absolute Gasteiger partial charge is 0.255 e. The third-order valence-corrected chi connectivity index (χ3v) is 4.38. The van der Waals surface area contributed by atoms with E-state index in [-0.39, 0.29) is 11.8 Å². The van der Waals surface area contributed by atoms with Gasteiger partial charge in [0.1, 0.15) is 5.75 Å². The van der Waals surface area contributed by atoms with Crippen LogP contribution in [-0.2, 0) is 0 Å². The zero-order valence-electron chi connectivity index (χ0n) is 16.1. The van der Waals surface area contributed by atoms with Gasteiger partial charge in [0.05, 0.1) is 12.8 Å². The maximum atomic E-state index is 12.7. The van der Waals surface area contributed by atoms with Crippen molar-refractivity contribution in [2.75, 3.05) is 17.7 Å². The molecule has 0 aliphatic rings. The minimum Gasteiger partial charge on any atom is -0.495 e. The average Bonchev–Trinajstić information content (AvgIpc) is 2.70. The summed E-state index contributed by atoms with van der Waals surface area (Å²) >= 11 is 0. The molecule has 142 valence electrons. The fraction of sp³-hybridized carbons (Fsp3) is 0.130. The summed E-state index contributed by atoms with van der Waals surface area (Å²) in [6.45, 7) is 3.86. The van der Waals surface area contributed by atoms with Gasteiger partial charge in [-0.2, -0.15) is 0 Å². The van der Waals surface area contributed by atoms with Crippen molar-refractivity contribution in [3.63, 3.8) is 0 Å². The van der Waals surface area contributed by atoms with E-state index in [0.29, 0.717) is 22.6 Å². The summed E-state index contributed by atoms with van der Waals surface area (Å²) in [5, 5.41) is 5.73. The number of nitrogens with one attached hydrogen (secondary N) is 2. The van der Waals surface area contributed by atoms with Gasteiger partial charge in [-0.3, -0.25) is 9.59 Å². The van der Waals surface area contributed by atoms with Gasteiger partial charge in [0.2, 0.25) is 0 Å². The molecule has 3 aromatic carbocycles. The third-order valence-electron chi connectivity index (χ3n) is 4.38. The molecule has 0 aliphatic carbocycles. The summed E-state index contributed by atoms with van der Waals surface area (Å²) in [7, 11) is 1.55. The number of hydrogen-bond donors (Lipinski definition) is 2. The number of amides is 2. The average molecular weight is 374 g/mol. The molecule has 2 amide bonds. The number of aryl methyl sites for hydroxylation is 2. The number of hydrogen-bond acceptors (Lipinski definition) is 3. The lowest BCUT2D eigenvalue weighted by Gasteiger charge is -2.12. The normalized spacial score (nSPS) is 10.2. The molecule has 0 radical (unpaired) electrons. The fourth-order valence-electron chi connectivity index (χ4n) is 2.82. The zero-order valence-corrected chi connectivity index (χ0v) is 16.1. The molecule has 0 saturated carbocycles. The number of ether oxygens (including phenoxy) is 1. The lowest BCUT2D eigenvalue weighted by atomic mass is 10.1. The number of carbonyl (C=O) groups is 2. The van der Waals surface area contributed by atoms with Gasteiger partial charge in [-0.1, -0.05) is 30.3 Å². The summed E-state index contributed by atoms with van der Waals surface area (Å²) < 4.78 is 5.30. The van der Waals surface area contributed by atoms with Crippen LogP contribution >= 0.6 is 0 Å². The van der Waals surface area contributed by atoms with E-state index < -0.39 is 0 Å². The van der Waals surface area contributed by atoms with Crippen LogP contribution in [0.4, 0.5) is 11.4 Å². The molecule has 0 atom stereocenters. The molecule has 0 saturated heterocycles. The van der Waals surface area contributed by atoms with Crippen molar-refractivity contribution in [3.05, 3.63) is 89.0 Å². The van der Waals surface area contributed by atoms with Crippen LogP contribution in [0.2, 0.25) is 0 Å².